The first kappa shape index (κ1) is 44.7. The molecule has 54 heavy (non-hydrogen) atoms. The number of carboxylic acid groups (broad SMARTS) is 1. The molecule has 1 amide bonds. The number of rotatable bonds is 24. The standard InChI is InChI=1S/C44H65NO9/c1-7-8-9-13-16-26-44(52-28-29-53-44)27-17-14-11-10-12-15-21-37(43(5,50)32-39(46)47)40(48)45-38(41(49)54-42(2,3)4)30-33-22-24-34(25-23-33)35-19-18-20-36(31-35)51-6/h15,18-25,31,37-38,50H,7-14,16-17,26-30,32H2,1-6H3,(H,45,48)(H,46,47)/b21-15+/t37-,38+,43+/m1/s1. The zero-order chi connectivity index (χ0) is 39.6. The molecular weight excluding hydrogens is 686 g/mol. The lowest BCUT2D eigenvalue weighted by atomic mass is 9.84. The van der Waals surface area contributed by atoms with Crippen LogP contribution < -0.4 is 10.1 Å². The first-order chi connectivity index (χ1) is 25.7. The number of hydrogen-bond donors (Lipinski definition) is 3. The Morgan fingerprint density at radius 3 is 2.11 bits per heavy atom. The van der Waals surface area contributed by atoms with Gasteiger partial charge < -0.3 is 34.5 Å². The van der Waals surface area contributed by atoms with Gasteiger partial charge in [-0.1, -0.05) is 94.0 Å². The van der Waals surface area contributed by atoms with E-state index in [2.05, 4.69) is 12.2 Å². The molecule has 1 aliphatic rings. The highest BCUT2D eigenvalue weighted by atomic mass is 16.7. The smallest absolute Gasteiger partial charge is 0.329 e. The van der Waals surface area contributed by atoms with Gasteiger partial charge in [0.15, 0.2) is 5.79 Å². The van der Waals surface area contributed by atoms with E-state index >= 15 is 0 Å². The van der Waals surface area contributed by atoms with Gasteiger partial charge >= 0.3 is 11.9 Å². The van der Waals surface area contributed by atoms with Crippen molar-refractivity contribution in [3.05, 3.63) is 66.2 Å². The maximum absolute atomic E-state index is 13.9. The molecule has 3 N–H and O–H groups in total. The minimum atomic E-state index is -1.91. The summed E-state index contributed by atoms with van der Waals surface area (Å²) in [6.45, 7) is 10.1. The number of esters is 1. The molecule has 0 bridgehead atoms. The number of allylic oxidation sites excluding steroid dienone is 1. The maximum Gasteiger partial charge on any atom is 0.329 e. The van der Waals surface area contributed by atoms with Crippen molar-refractivity contribution in [2.45, 2.75) is 148 Å². The van der Waals surface area contributed by atoms with Crippen molar-refractivity contribution < 1.29 is 43.5 Å². The fourth-order valence-electron chi connectivity index (χ4n) is 6.84. The number of benzene rings is 2. The predicted octanol–water partition coefficient (Wildman–Crippen LogP) is 8.57. The second-order valence-electron chi connectivity index (χ2n) is 15.8. The second-order valence-corrected chi connectivity index (χ2v) is 15.8. The van der Waals surface area contributed by atoms with Gasteiger partial charge in [0.2, 0.25) is 5.91 Å². The van der Waals surface area contributed by atoms with Gasteiger partial charge in [-0.2, -0.15) is 0 Å². The van der Waals surface area contributed by atoms with E-state index in [1.54, 1.807) is 34.0 Å². The summed E-state index contributed by atoms with van der Waals surface area (Å²) in [5.74, 6) is -3.44. The van der Waals surface area contributed by atoms with Gasteiger partial charge in [-0.3, -0.25) is 9.59 Å². The Balaban J connectivity index is 1.64. The molecule has 1 saturated heterocycles. The van der Waals surface area contributed by atoms with Crippen molar-refractivity contribution in [3.8, 4) is 16.9 Å². The van der Waals surface area contributed by atoms with Crippen molar-refractivity contribution in [3.63, 3.8) is 0 Å². The molecule has 2 aromatic carbocycles. The van der Waals surface area contributed by atoms with Crippen molar-refractivity contribution >= 4 is 17.8 Å². The molecule has 0 aromatic heterocycles. The first-order valence-corrected chi connectivity index (χ1v) is 19.8. The number of aliphatic carboxylic acids is 1. The SMILES string of the molecule is CCCCCCCC1(CCCCCC/C=C/[C@H](C(=O)N[C@@H](Cc2ccc(-c3cccc(OC)c3)cc2)C(=O)OC(C)(C)C)[C@@](C)(O)CC(=O)O)OCCO1. The van der Waals surface area contributed by atoms with Gasteiger partial charge in [0.25, 0.3) is 0 Å². The lowest BCUT2D eigenvalue weighted by molar-refractivity contribution is -0.168. The van der Waals surface area contributed by atoms with E-state index in [9.17, 15) is 24.6 Å². The summed E-state index contributed by atoms with van der Waals surface area (Å²) in [6, 6.07) is 14.3. The summed E-state index contributed by atoms with van der Waals surface area (Å²) in [7, 11) is 1.62. The molecule has 300 valence electrons. The molecule has 10 nitrogen and oxygen atoms in total. The molecule has 0 aliphatic carbocycles. The van der Waals surface area contributed by atoms with Crippen LogP contribution in [-0.4, -0.2) is 71.4 Å². The molecule has 0 unspecified atom stereocenters. The Kier molecular flexibility index (Phi) is 18.2. The van der Waals surface area contributed by atoms with Crippen LogP contribution in [0.5, 0.6) is 5.75 Å². The van der Waals surface area contributed by atoms with Crippen molar-refractivity contribution in [2.75, 3.05) is 20.3 Å². The Morgan fingerprint density at radius 1 is 0.889 bits per heavy atom. The second kappa shape index (κ2) is 22.0. The van der Waals surface area contributed by atoms with E-state index in [0.717, 1.165) is 67.4 Å². The Labute approximate surface area is 323 Å². The van der Waals surface area contributed by atoms with Gasteiger partial charge in [-0.15, -0.1) is 0 Å². The van der Waals surface area contributed by atoms with Gasteiger partial charge in [-0.25, -0.2) is 4.79 Å². The fourth-order valence-corrected chi connectivity index (χ4v) is 6.84. The highest BCUT2D eigenvalue weighted by molar-refractivity contribution is 5.88. The average Bonchev–Trinajstić information content (AvgIpc) is 3.58. The molecule has 1 fully saturated rings. The molecule has 0 radical (unpaired) electrons. The Bertz CT molecular complexity index is 1470. The van der Waals surface area contributed by atoms with Crippen LogP contribution >= 0.6 is 0 Å². The monoisotopic (exact) mass is 751 g/mol. The summed E-state index contributed by atoms with van der Waals surface area (Å²) < 4.78 is 23.2. The van der Waals surface area contributed by atoms with Crippen LogP contribution in [0.1, 0.15) is 124 Å². The number of ether oxygens (including phenoxy) is 4. The quantitative estimate of drug-likeness (QED) is 0.0547. The minimum absolute atomic E-state index is 0.132. The van der Waals surface area contributed by atoms with Gasteiger partial charge in [0.1, 0.15) is 17.4 Å². The molecule has 1 heterocycles. The van der Waals surface area contributed by atoms with Crippen LogP contribution in [0.4, 0.5) is 0 Å². The number of hydrogen-bond acceptors (Lipinski definition) is 8. The van der Waals surface area contributed by atoms with Gasteiger partial charge in [0.05, 0.1) is 38.3 Å². The summed E-state index contributed by atoms with van der Waals surface area (Å²) in [5, 5.41) is 23.6. The van der Waals surface area contributed by atoms with E-state index in [-0.39, 0.29) is 6.42 Å². The normalized spacial score (nSPS) is 16.4. The largest absolute Gasteiger partial charge is 0.497 e. The van der Waals surface area contributed by atoms with Crippen LogP contribution in [-0.2, 0) is 35.0 Å². The number of aliphatic hydroxyl groups is 1. The van der Waals surface area contributed by atoms with E-state index in [0.29, 0.717) is 19.6 Å². The average molecular weight is 752 g/mol. The Morgan fingerprint density at radius 2 is 1.52 bits per heavy atom. The van der Waals surface area contributed by atoms with Crippen LogP contribution in [0.2, 0.25) is 0 Å². The van der Waals surface area contributed by atoms with Gasteiger partial charge in [-0.05, 0) is 82.2 Å². The van der Waals surface area contributed by atoms with E-state index in [1.165, 1.54) is 32.6 Å². The summed E-state index contributed by atoms with van der Waals surface area (Å²) in [5.41, 5.74) is -0.00458. The highest BCUT2D eigenvalue weighted by Crippen LogP contribution is 2.32. The third-order valence-electron chi connectivity index (χ3n) is 9.75. The number of methoxy groups -OCH3 is 1. The van der Waals surface area contributed by atoms with E-state index in [1.807, 2.05) is 54.6 Å². The molecule has 3 atom stereocenters. The number of carbonyl (C=O) groups excluding carboxylic acids is 2. The predicted molar refractivity (Wildman–Crippen MR) is 211 cm³/mol. The fraction of sp³-hybridized carbons (Fsp3) is 0.614. The zero-order valence-electron chi connectivity index (χ0n) is 33.5. The van der Waals surface area contributed by atoms with E-state index < -0.39 is 53.2 Å². The number of nitrogens with one attached hydrogen (secondary N) is 1. The molecule has 2 aromatic rings. The molecule has 0 saturated carbocycles. The molecule has 1 aliphatic heterocycles. The number of unbranched alkanes of at least 4 members (excludes halogenated alkanes) is 8. The van der Waals surface area contributed by atoms with Crippen molar-refractivity contribution in [1.82, 2.24) is 5.32 Å². The molecule has 10 heteroatoms. The number of amides is 1. The molecule has 0 spiro atoms. The lowest BCUT2D eigenvalue weighted by Gasteiger charge is -2.31. The third-order valence-corrected chi connectivity index (χ3v) is 9.75. The Hall–Kier alpha value is -3.73. The maximum atomic E-state index is 13.9. The van der Waals surface area contributed by atoms with Crippen LogP contribution in [0.3, 0.4) is 0 Å². The first-order valence-electron chi connectivity index (χ1n) is 19.8. The van der Waals surface area contributed by atoms with E-state index in [4.69, 9.17) is 18.9 Å². The summed E-state index contributed by atoms with van der Waals surface area (Å²) >= 11 is 0. The van der Waals surface area contributed by atoms with Crippen molar-refractivity contribution in [2.24, 2.45) is 5.92 Å². The number of carboxylic acids is 1. The van der Waals surface area contributed by atoms with Crippen LogP contribution in [0.15, 0.2) is 60.7 Å². The molecule has 3 rings (SSSR count). The van der Waals surface area contributed by atoms with Gasteiger partial charge in [0, 0.05) is 19.3 Å². The topological polar surface area (TPSA) is 141 Å². The number of carbonyl (C=O) groups is 3. The molecular formula is C44H65NO9. The summed E-state index contributed by atoms with van der Waals surface area (Å²) in [6.07, 6.45) is 15.2. The van der Waals surface area contributed by atoms with Crippen LogP contribution in [0.25, 0.3) is 11.1 Å². The minimum Gasteiger partial charge on any atom is -0.497 e. The zero-order valence-corrected chi connectivity index (χ0v) is 33.5. The lowest BCUT2D eigenvalue weighted by Crippen LogP contribution is -2.52. The van der Waals surface area contributed by atoms with Crippen molar-refractivity contribution in [1.29, 1.82) is 0 Å². The summed E-state index contributed by atoms with van der Waals surface area (Å²) in [4.78, 5) is 39.0. The third kappa shape index (κ3) is 15.6. The highest BCUT2D eigenvalue weighted by Gasteiger charge is 2.40. The van der Waals surface area contributed by atoms with Crippen LogP contribution in [0, 0.1) is 5.92 Å².